The highest BCUT2D eigenvalue weighted by atomic mass is 35.5. The van der Waals surface area contributed by atoms with Crippen LogP contribution in [0.1, 0.15) is 34.1 Å². The number of aromatic nitrogens is 2. The third-order valence-electron chi connectivity index (χ3n) is 4.04. The van der Waals surface area contributed by atoms with Crippen LogP contribution in [0.3, 0.4) is 0 Å². The van der Waals surface area contributed by atoms with Gasteiger partial charge in [0.2, 0.25) is 0 Å². The first kappa shape index (κ1) is 16.7. The number of carbonyl (C=O) groups excluding carboxylic acids is 1. The van der Waals surface area contributed by atoms with Gasteiger partial charge in [0.1, 0.15) is 0 Å². The molecule has 9 heteroatoms. The monoisotopic (exact) mass is 394 g/mol. The molecule has 1 saturated heterocycles. The molecule has 2 N–H and O–H groups in total. The Morgan fingerprint density at radius 2 is 2.16 bits per heavy atom. The van der Waals surface area contributed by atoms with E-state index in [1.165, 1.54) is 27.6 Å². The maximum Gasteiger partial charge on any atom is 0.279 e. The van der Waals surface area contributed by atoms with E-state index in [-0.39, 0.29) is 11.6 Å². The first-order valence-corrected chi connectivity index (χ1v) is 9.90. The second kappa shape index (κ2) is 7.25. The van der Waals surface area contributed by atoms with Crippen molar-refractivity contribution in [2.45, 2.75) is 18.8 Å². The van der Waals surface area contributed by atoms with Gasteiger partial charge in [-0.25, -0.2) is 4.98 Å². The van der Waals surface area contributed by atoms with Gasteiger partial charge in [0, 0.05) is 17.1 Å². The van der Waals surface area contributed by atoms with E-state index in [2.05, 4.69) is 20.8 Å². The van der Waals surface area contributed by atoms with Crippen LogP contribution in [-0.4, -0.2) is 29.1 Å². The summed E-state index contributed by atoms with van der Waals surface area (Å²) in [7, 11) is 0. The molecule has 0 saturated carbocycles. The van der Waals surface area contributed by atoms with Gasteiger partial charge >= 0.3 is 0 Å². The lowest BCUT2D eigenvalue weighted by molar-refractivity contribution is 0.101. The second-order valence-electron chi connectivity index (χ2n) is 5.73. The molecule has 6 nitrogen and oxygen atoms in total. The number of nitrogens with one attached hydrogen (secondary N) is 2. The topological polar surface area (TPSA) is 80.0 Å². The minimum Gasteiger partial charge on any atom is -0.355 e. The highest BCUT2D eigenvalue weighted by Gasteiger charge is 2.20. The third-order valence-corrected chi connectivity index (χ3v) is 6.37. The SMILES string of the molecule is O=C(Nc1ncc(C2CCNCC2)s1)c1cc(-c2ccc(Cl)s2)on1. The number of piperidine rings is 1. The van der Waals surface area contributed by atoms with Gasteiger partial charge in [-0.05, 0) is 44.0 Å². The van der Waals surface area contributed by atoms with E-state index >= 15 is 0 Å². The number of amides is 1. The molecule has 4 rings (SSSR count). The van der Waals surface area contributed by atoms with Crippen LogP contribution in [0.4, 0.5) is 5.13 Å². The maximum absolute atomic E-state index is 12.3. The summed E-state index contributed by atoms with van der Waals surface area (Å²) in [6.07, 6.45) is 4.06. The molecule has 0 bridgehead atoms. The summed E-state index contributed by atoms with van der Waals surface area (Å²) in [4.78, 5) is 18.7. The Balaban J connectivity index is 1.43. The minimum atomic E-state index is -0.330. The van der Waals surface area contributed by atoms with Crippen molar-refractivity contribution in [3.63, 3.8) is 0 Å². The van der Waals surface area contributed by atoms with Crippen molar-refractivity contribution < 1.29 is 9.32 Å². The molecule has 0 aromatic carbocycles. The number of anilines is 1. The molecule has 1 aliphatic heterocycles. The number of hydrogen-bond acceptors (Lipinski definition) is 7. The first-order valence-electron chi connectivity index (χ1n) is 7.89. The smallest absolute Gasteiger partial charge is 0.279 e. The fourth-order valence-corrected chi connectivity index (χ4v) is 4.72. The van der Waals surface area contributed by atoms with E-state index < -0.39 is 0 Å². The van der Waals surface area contributed by atoms with Crippen LogP contribution in [0.15, 0.2) is 28.9 Å². The zero-order chi connectivity index (χ0) is 17.2. The predicted molar refractivity (Wildman–Crippen MR) is 99.7 cm³/mol. The van der Waals surface area contributed by atoms with Crippen LogP contribution in [0, 0.1) is 0 Å². The Morgan fingerprint density at radius 3 is 2.92 bits per heavy atom. The molecule has 0 spiro atoms. The van der Waals surface area contributed by atoms with Crippen LogP contribution in [-0.2, 0) is 0 Å². The van der Waals surface area contributed by atoms with Crippen molar-refractivity contribution in [1.82, 2.24) is 15.5 Å². The number of halogens is 1. The largest absolute Gasteiger partial charge is 0.355 e. The highest BCUT2D eigenvalue weighted by molar-refractivity contribution is 7.19. The zero-order valence-electron chi connectivity index (χ0n) is 13.1. The van der Waals surface area contributed by atoms with Crippen molar-refractivity contribution >= 4 is 45.3 Å². The summed E-state index contributed by atoms with van der Waals surface area (Å²) in [5.41, 5.74) is 0.220. The zero-order valence-corrected chi connectivity index (χ0v) is 15.5. The summed E-state index contributed by atoms with van der Waals surface area (Å²) in [6, 6.07) is 5.22. The summed E-state index contributed by atoms with van der Waals surface area (Å²) in [5.74, 6) is 0.715. The van der Waals surface area contributed by atoms with Crippen LogP contribution in [0.2, 0.25) is 4.34 Å². The Morgan fingerprint density at radius 1 is 1.32 bits per heavy atom. The number of thiazole rings is 1. The standard InChI is InChI=1S/C16H15ClN4O2S2/c17-14-2-1-12(24-14)11-7-10(21-23-11)15(22)20-16-19-8-13(25-16)9-3-5-18-6-4-9/h1-2,7-9,18H,3-6H2,(H,19,20,22). The molecule has 1 fully saturated rings. The van der Waals surface area contributed by atoms with Gasteiger partial charge in [-0.2, -0.15) is 0 Å². The number of nitrogens with zero attached hydrogens (tertiary/aromatic N) is 2. The molecular weight excluding hydrogens is 380 g/mol. The molecule has 0 atom stereocenters. The molecule has 0 aliphatic carbocycles. The molecule has 1 amide bonds. The van der Waals surface area contributed by atoms with E-state index in [1.807, 2.05) is 12.3 Å². The van der Waals surface area contributed by atoms with Crippen LogP contribution in [0.5, 0.6) is 0 Å². The summed E-state index contributed by atoms with van der Waals surface area (Å²) >= 11 is 8.82. The molecule has 4 heterocycles. The molecule has 0 unspecified atom stereocenters. The molecule has 3 aromatic heterocycles. The number of thiophene rings is 1. The molecule has 1 aliphatic rings. The predicted octanol–water partition coefficient (Wildman–Crippen LogP) is 4.23. The first-order chi connectivity index (χ1) is 12.2. The summed E-state index contributed by atoms with van der Waals surface area (Å²) < 4.78 is 5.90. The number of hydrogen-bond donors (Lipinski definition) is 2. The lowest BCUT2D eigenvalue weighted by atomic mass is 9.97. The minimum absolute atomic E-state index is 0.220. The van der Waals surface area contributed by atoms with E-state index in [1.54, 1.807) is 12.1 Å². The maximum atomic E-state index is 12.3. The number of carbonyl (C=O) groups is 1. The van der Waals surface area contributed by atoms with Gasteiger partial charge in [-0.1, -0.05) is 16.8 Å². The van der Waals surface area contributed by atoms with Crippen molar-refractivity contribution in [3.8, 4) is 10.6 Å². The lowest BCUT2D eigenvalue weighted by Gasteiger charge is -2.20. The van der Waals surface area contributed by atoms with Crippen LogP contribution < -0.4 is 10.6 Å². The molecule has 130 valence electrons. The fourth-order valence-electron chi connectivity index (χ4n) is 2.75. The fraction of sp³-hybridized carbons (Fsp3) is 0.312. The van der Waals surface area contributed by atoms with Crippen molar-refractivity contribution in [3.05, 3.63) is 39.3 Å². The molecule has 3 aromatic rings. The van der Waals surface area contributed by atoms with E-state index in [0.717, 1.165) is 30.8 Å². The van der Waals surface area contributed by atoms with Gasteiger partial charge in [0.05, 0.1) is 9.21 Å². The second-order valence-corrected chi connectivity index (χ2v) is 8.50. The van der Waals surface area contributed by atoms with Gasteiger partial charge in [0.25, 0.3) is 5.91 Å². The number of rotatable bonds is 4. The van der Waals surface area contributed by atoms with Gasteiger partial charge in [0.15, 0.2) is 16.6 Å². The van der Waals surface area contributed by atoms with Crippen molar-refractivity contribution in [2.75, 3.05) is 18.4 Å². The van der Waals surface area contributed by atoms with E-state index in [0.29, 0.717) is 21.1 Å². The Hall–Kier alpha value is -1.74. The van der Waals surface area contributed by atoms with E-state index in [4.69, 9.17) is 16.1 Å². The average molecular weight is 395 g/mol. The Kier molecular flexibility index (Phi) is 4.85. The lowest BCUT2D eigenvalue weighted by Crippen LogP contribution is -2.26. The van der Waals surface area contributed by atoms with Crippen LogP contribution >= 0.6 is 34.3 Å². The van der Waals surface area contributed by atoms with Crippen molar-refractivity contribution in [2.24, 2.45) is 0 Å². The summed E-state index contributed by atoms with van der Waals surface area (Å²) in [5, 5.41) is 10.6. The normalized spacial score (nSPS) is 15.4. The van der Waals surface area contributed by atoms with Gasteiger partial charge < -0.3 is 9.84 Å². The Bertz CT molecular complexity index is 882. The van der Waals surface area contributed by atoms with Crippen LogP contribution in [0.25, 0.3) is 10.6 Å². The Labute approximate surface area is 157 Å². The van der Waals surface area contributed by atoms with Gasteiger partial charge in [-0.3, -0.25) is 10.1 Å². The quantitative estimate of drug-likeness (QED) is 0.692. The summed E-state index contributed by atoms with van der Waals surface area (Å²) in [6.45, 7) is 2.05. The third kappa shape index (κ3) is 3.77. The molecular formula is C16H15ClN4O2S2. The molecule has 25 heavy (non-hydrogen) atoms. The van der Waals surface area contributed by atoms with Gasteiger partial charge in [-0.15, -0.1) is 22.7 Å². The van der Waals surface area contributed by atoms with Crippen molar-refractivity contribution in [1.29, 1.82) is 0 Å². The average Bonchev–Trinajstić information content (AvgIpc) is 3.35. The van der Waals surface area contributed by atoms with E-state index in [9.17, 15) is 4.79 Å². The molecule has 0 radical (unpaired) electrons. The highest BCUT2D eigenvalue weighted by Crippen LogP contribution is 2.33.